The van der Waals surface area contributed by atoms with Crippen LogP contribution in [0.2, 0.25) is 0 Å². The fourth-order valence-corrected chi connectivity index (χ4v) is 1.15. The van der Waals surface area contributed by atoms with Crippen molar-refractivity contribution in [1.29, 1.82) is 0 Å². The van der Waals surface area contributed by atoms with Gasteiger partial charge >= 0.3 is 5.69 Å². The van der Waals surface area contributed by atoms with Crippen molar-refractivity contribution in [3.8, 4) is 5.75 Å². The zero-order valence-electron chi connectivity index (χ0n) is 6.17. The summed E-state index contributed by atoms with van der Waals surface area (Å²) in [7, 11) is 0. The Morgan fingerprint density at radius 1 is 1.46 bits per heavy atom. The van der Waals surface area contributed by atoms with E-state index in [9.17, 15) is 18.9 Å². The lowest BCUT2D eigenvalue weighted by molar-refractivity contribution is -0.385. The first-order valence-electron chi connectivity index (χ1n) is 3.09. The first-order chi connectivity index (χ1) is 6.02. The van der Waals surface area contributed by atoms with Crippen molar-refractivity contribution in [3.05, 3.63) is 28.3 Å². The summed E-state index contributed by atoms with van der Waals surface area (Å²) in [5.74, 6) is -0.660. The molecule has 1 N–H and O–H groups in total. The molecule has 0 heterocycles. The monoisotopic (exact) mass is 202 g/mol. The van der Waals surface area contributed by atoms with Crippen molar-refractivity contribution >= 4 is 16.8 Å². The van der Waals surface area contributed by atoms with E-state index in [4.69, 9.17) is 5.11 Å². The number of nitro benzene ring substituents is 1. The van der Waals surface area contributed by atoms with Crippen LogP contribution in [0.3, 0.4) is 0 Å². The van der Waals surface area contributed by atoms with E-state index in [1.54, 1.807) is 0 Å². The van der Waals surface area contributed by atoms with Gasteiger partial charge in [0.05, 0.1) is 4.92 Å². The number of phenolic OH excluding ortho intramolecular Hbond substituents is 1. The minimum absolute atomic E-state index is 0.192. The molecule has 1 atom stereocenters. The molecule has 0 radical (unpaired) electrons. The molecule has 0 bridgehead atoms. The molecule has 1 unspecified atom stereocenters. The summed E-state index contributed by atoms with van der Waals surface area (Å²) in [5.41, 5.74) is -0.519. The van der Waals surface area contributed by atoms with Gasteiger partial charge in [-0.1, -0.05) is 0 Å². The predicted octanol–water partition coefficient (Wildman–Crippen LogP) is 0.538. The molecule has 13 heavy (non-hydrogen) atoms. The van der Waals surface area contributed by atoms with Crippen LogP contribution in [0.5, 0.6) is 5.75 Å². The summed E-state index contributed by atoms with van der Waals surface area (Å²) in [6, 6.07) is 2.79. The summed E-state index contributed by atoms with van der Waals surface area (Å²) in [4.78, 5) is 9.20. The molecule has 0 aliphatic heterocycles. The molecular formula is C6H4NO5S-. The van der Waals surface area contributed by atoms with Gasteiger partial charge in [0.2, 0.25) is 0 Å². The van der Waals surface area contributed by atoms with Gasteiger partial charge in [-0.05, 0) is 17.1 Å². The Morgan fingerprint density at radius 3 is 2.46 bits per heavy atom. The summed E-state index contributed by atoms with van der Waals surface area (Å²) in [6.45, 7) is 0. The Kier molecular flexibility index (Phi) is 2.59. The van der Waals surface area contributed by atoms with Crippen molar-refractivity contribution < 1.29 is 18.8 Å². The molecule has 0 saturated heterocycles. The highest BCUT2D eigenvalue weighted by Gasteiger charge is 2.12. The van der Waals surface area contributed by atoms with Crippen molar-refractivity contribution in [2.75, 3.05) is 0 Å². The number of phenols is 1. The lowest BCUT2D eigenvalue weighted by atomic mass is 10.3. The lowest BCUT2D eigenvalue weighted by Crippen LogP contribution is -1.92. The van der Waals surface area contributed by atoms with E-state index in [1.165, 1.54) is 0 Å². The standard InChI is InChI=1S/C6H5NO5S/c8-6-3-4(13(11)12)1-2-5(6)7(9)10/h1-3,8H,(H,11,12)/p-1. The number of rotatable bonds is 2. The largest absolute Gasteiger partial charge is 0.768 e. The molecule has 0 fully saturated rings. The van der Waals surface area contributed by atoms with Crippen LogP contribution >= 0.6 is 0 Å². The molecule has 0 spiro atoms. The average molecular weight is 202 g/mol. The normalized spacial score (nSPS) is 12.4. The quantitative estimate of drug-likeness (QED) is 0.428. The molecule has 0 aromatic heterocycles. The van der Waals surface area contributed by atoms with Gasteiger partial charge in [-0.15, -0.1) is 0 Å². The molecule has 0 saturated carbocycles. The second-order valence-electron chi connectivity index (χ2n) is 2.14. The predicted molar refractivity (Wildman–Crippen MR) is 41.9 cm³/mol. The Labute approximate surface area is 75.3 Å². The van der Waals surface area contributed by atoms with Crippen molar-refractivity contribution in [2.45, 2.75) is 4.90 Å². The number of nitrogens with zero attached hydrogens (tertiary/aromatic N) is 1. The van der Waals surface area contributed by atoms with Crippen LogP contribution in [-0.4, -0.2) is 18.8 Å². The Bertz CT molecular complexity index is 377. The maximum absolute atomic E-state index is 10.4. The molecule has 1 aromatic carbocycles. The Balaban J connectivity index is 3.20. The maximum Gasteiger partial charge on any atom is 0.310 e. The minimum atomic E-state index is -2.49. The second-order valence-corrected chi connectivity index (χ2v) is 3.08. The third kappa shape index (κ3) is 2.01. The molecule has 0 amide bonds. The summed E-state index contributed by atoms with van der Waals surface area (Å²) in [5, 5.41) is 19.2. The molecule has 0 aliphatic rings. The fourth-order valence-electron chi connectivity index (χ4n) is 0.761. The van der Waals surface area contributed by atoms with E-state index in [1.807, 2.05) is 0 Å². The van der Waals surface area contributed by atoms with Crippen molar-refractivity contribution in [1.82, 2.24) is 0 Å². The number of hydrogen-bond acceptors (Lipinski definition) is 5. The topological polar surface area (TPSA) is 104 Å². The first-order valence-corrected chi connectivity index (χ1v) is 4.16. The van der Waals surface area contributed by atoms with Gasteiger partial charge in [0.1, 0.15) is 0 Å². The van der Waals surface area contributed by atoms with E-state index < -0.39 is 27.4 Å². The molecule has 6 nitrogen and oxygen atoms in total. The van der Waals surface area contributed by atoms with Crippen LogP contribution in [0.1, 0.15) is 0 Å². The number of hydrogen-bond donors (Lipinski definition) is 1. The third-order valence-electron chi connectivity index (χ3n) is 1.34. The smallest absolute Gasteiger partial charge is 0.310 e. The zero-order valence-corrected chi connectivity index (χ0v) is 6.98. The molecule has 70 valence electrons. The van der Waals surface area contributed by atoms with Gasteiger partial charge < -0.3 is 9.66 Å². The van der Waals surface area contributed by atoms with Gasteiger partial charge in [-0.2, -0.15) is 0 Å². The van der Waals surface area contributed by atoms with Crippen LogP contribution in [0, 0.1) is 10.1 Å². The summed E-state index contributed by atoms with van der Waals surface area (Å²) >= 11 is -2.49. The van der Waals surface area contributed by atoms with Crippen LogP contribution in [0.15, 0.2) is 23.1 Å². The van der Waals surface area contributed by atoms with Crippen LogP contribution in [0.4, 0.5) is 5.69 Å². The van der Waals surface area contributed by atoms with Gasteiger partial charge in [-0.3, -0.25) is 14.3 Å². The van der Waals surface area contributed by atoms with Gasteiger partial charge in [0.15, 0.2) is 5.75 Å². The zero-order chi connectivity index (χ0) is 10.0. The van der Waals surface area contributed by atoms with Crippen LogP contribution in [-0.2, 0) is 11.1 Å². The number of nitro groups is 1. The van der Waals surface area contributed by atoms with Crippen LogP contribution in [0.25, 0.3) is 0 Å². The Hall–Kier alpha value is -1.47. The molecule has 7 heteroatoms. The summed E-state index contributed by atoms with van der Waals surface area (Å²) in [6.07, 6.45) is 0. The van der Waals surface area contributed by atoms with E-state index >= 15 is 0 Å². The minimum Gasteiger partial charge on any atom is -0.768 e. The highest BCUT2D eigenvalue weighted by Crippen LogP contribution is 2.26. The first kappa shape index (κ1) is 9.62. The number of aromatic hydroxyl groups is 1. The highest BCUT2D eigenvalue weighted by atomic mass is 32.2. The highest BCUT2D eigenvalue weighted by molar-refractivity contribution is 7.79. The summed E-state index contributed by atoms with van der Waals surface area (Å²) < 4.78 is 20.7. The third-order valence-corrected chi connectivity index (χ3v) is 1.97. The number of benzene rings is 1. The van der Waals surface area contributed by atoms with Crippen molar-refractivity contribution in [2.24, 2.45) is 0 Å². The molecule has 0 aliphatic carbocycles. The van der Waals surface area contributed by atoms with E-state index in [-0.39, 0.29) is 4.90 Å². The SMILES string of the molecule is O=[N+]([O-])c1ccc(S(=O)[O-])cc1O. The second kappa shape index (κ2) is 3.50. The average Bonchev–Trinajstić information content (AvgIpc) is 2.03. The molecule has 1 rings (SSSR count). The van der Waals surface area contributed by atoms with Gasteiger partial charge in [-0.25, -0.2) is 0 Å². The van der Waals surface area contributed by atoms with Crippen molar-refractivity contribution in [3.63, 3.8) is 0 Å². The van der Waals surface area contributed by atoms with Gasteiger partial charge in [0, 0.05) is 17.0 Å². The van der Waals surface area contributed by atoms with E-state index in [2.05, 4.69) is 0 Å². The van der Waals surface area contributed by atoms with Gasteiger partial charge in [0.25, 0.3) is 0 Å². The van der Waals surface area contributed by atoms with Crippen LogP contribution < -0.4 is 0 Å². The fraction of sp³-hybridized carbons (Fsp3) is 0. The van der Waals surface area contributed by atoms with E-state index in [0.29, 0.717) is 0 Å². The maximum atomic E-state index is 10.4. The molecule has 1 aromatic rings. The van der Waals surface area contributed by atoms with E-state index in [0.717, 1.165) is 18.2 Å². The Morgan fingerprint density at radius 2 is 2.08 bits per heavy atom. The lowest BCUT2D eigenvalue weighted by Gasteiger charge is -2.04. The molecular weight excluding hydrogens is 198 g/mol.